The van der Waals surface area contributed by atoms with Crippen molar-refractivity contribution in [1.29, 1.82) is 5.41 Å². The maximum atomic E-state index is 14.1. The summed E-state index contributed by atoms with van der Waals surface area (Å²) in [5, 5.41) is 62.0. The molecule has 0 bridgehead atoms. The molecule has 7 atom stereocenters. The maximum Gasteiger partial charge on any atom is 0.326 e. The summed E-state index contributed by atoms with van der Waals surface area (Å²) in [5.41, 5.74) is 12.5. The first-order valence-electron chi connectivity index (χ1n) is 30.9. The van der Waals surface area contributed by atoms with Crippen LogP contribution in [0, 0.1) is 23.2 Å². The lowest BCUT2D eigenvalue weighted by molar-refractivity contribution is -0.142. The number of aliphatic hydroxyl groups is 1. The number of carbonyl (C=O) groups is 14. The molecule has 0 radical (unpaired) electrons. The van der Waals surface area contributed by atoms with Crippen molar-refractivity contribution in [2.45, 2.75) is 129 Å². The van der Waals surface area contributed by atoms with Crippen LogP contribution in [0.1, 0.15) is 84.8 Å². The van der Waals surface area contributed by atoms with Gasteiger partial charge in [-0.05, 0) is 67.1 Å². The van der Waals surface area contributed by atoms with Crippen LogP contribution in [-0.4, -0.2) is 205 Å². The van der Waals surface area contributed by atoms with E-state index in [1.807, 2.05) is 13.8 Å². The number of hydrogen-bond acceptors (Lipinski definition) is 17. The molecule has 34 heteroatoms. The fourth-order valence-corrected chi connectivity index (χ4v) is 9.33. The van der Waals surface area contributed by atoms with Gasteiger partial charge in [0.25, 0.3) is 0 Å². The van der Waals surface area contributed by atoms with Crippen LogP contribution < -0.4 is 85.9 Å². The number of carboxylic acids is 1. The summed E-state index contributed by atoms with van der Waals surface area (Å²) in [4.78, 5) is 186. The standard InChI is InChI=1S/C61H92N18O16/c1-33(2)19-41(74-47(81)24-62)55(89)68-26-48(82)67-27-49(83)76-43(22-36-13-8-7-9-14-36)57(91)71-29-52(86)77-44(23-37-25-66-39-16-11-10-15-38(37)39)59(93)79-46(32-80)58(92)72-30-51(85)75-42(20-34(3)4)56(90)70-28-50(84)73-40(17-12-18-65-61(63)64)54(88)69-31-53(87)78-45(60(94)95)21-35(5)6/h7-11,13-16,25,33-35,40-46,66,80H,12,17-24,26-32,62H2,1-6H3,(H,67,82)(H,68,89)(H,69,88)(H,70,90)(H,71,91)(H,72,92)(H,73,84)(H,74,81)(H,75,85)(H,76,83)(H,77,86)(H,78,87)(H,79,93)(H,94,95)(H4,63,64,65)/t40-,41-,42-,43-,44-,45-,46-/m0/s1. The number of H-pyrrole nitrogens is 1. The van der Waals surface area contributed by atoms with Crippen molar-refractivity contribution in [1.82, 2.24) is 79.4 Å². The molecule has 13 amide bonds. The molecular formula is C61H92N18O16. The highest BCUT2D eigenvalue weighted by atomic mass is 16.4. The van der Waals surface area contributed by atoms with E-state index in [0.717, 1.165) is 0 Å². The average molecular weight is 1330 g/mol. The second-order valence-corrected chi connectivity index (χ2v) is 23.5. The lowest BCUT2D eigenvalue weighted by Gasteiger charge is -2.23. The van der Waals surface area contributed by atoms with Crippen molar-refractivity contribution in [3.8, 4) is 0 Å². The lowest BCUT2D eigenvalue weighted by Crippen LogP contribution is -2.58. The molecule has 2 aromatic carbocycles. The number of carboxylic acid groups (broad SMARTS) is 1. The Bertz CT molecular complexity index is 3140. The number of amides is 13. The predicted molar refractivity (Wildman–Crippen MR) is 345 cm³/mol. The highest BCUT2D eigenvalue weighted by Crippen LogP contribution is 2.19. The summed E-state index contributed by atoms with van der Waals surface area (Å²) in [6, 6.07) is 6.26. The van der Waals surface area contributed by atoms with Crippen LogP contribution in [0.4, 0.5) is 0 Å². The normalized spacial score (nSPS) is 13.2. The summed E-state index contributed by atoms with van der Waals surface area (Å²) in [6.45, 7) is 5.38. The molecular weight excluding hydrogens is 1240 g/mol. The predicted octanol–water partition coefficient (Wildman–Crippen LogP) is -5.52. The average Bonchev–Trinajstić information content (AvgIpc) is 1.75. The fraction of sp³-hybridized carbons (Fsp3) is 0.525. The second kappa shape index (κ2) is 41.4. The zero-order chi connectivity index (χ0) is 70.7. The van der Waals surface area contributed by atoms with Gasteiger partial charge in [-0.3, -0.25) is 67.7 Å². The molecule has 0 saturated heterocycles. The molecule has 1 aromatic heterocycles. The van der Waals surface area contributed by atoms with Crippen molar-refractivity contribution < 1.29 is 77.3 Å². The molecule has 0 aliphatic carbocycles. The van der Waals surface area contributed by atoms with Crippen molar-refractivity contribution in [2.75, 3.05) is 59.0 Å². The summed E-state index contributed by atoms with van der Waals surface area (Å²) in [6.07, 6.45) is 1.89. The van der Waals surface area contributed by atoms with Gasteiger partial charge in [0.1, 0.15) is 42.3 Å². The van der Waals surface area contributed by atoms with Crippen LogP contribution in [0.5, 0.6) is 0 Å². The van der Waals surface area contributed by atoms with E-state index < -0.39 is 171 Å². The number of aromatic nitrogens is 1. The molecule has 0 aliphatic rings. The van der Waals surface area contributed by atoms with Crippen molar-refractivity contribution in [3.05, 3.63) is 71.9 Å². The molecule has 522 valence electrons. The molecule has 0 unspecified atom stereocenters. The smallest absolute Gasteiger partial charge is 0.326 e. The summed E-state index contributed by atoms with van der Waals surface area (Å²) in [7, 11) is 0. The Morgan fingerprint density at radius 1 is 0.453 bits per heavy atom. The Morgan fingerprint density at radius 3 is 1.34 bits per heavy atom. The van der Waals surface area contributed by atoms with Gasteiger partial charge in [-0.2, -0.15) is 0 Å². The van der Waals surface area contributed by atoms with E-state index in [4.69, 9.17) is 16.9 Å². The minimum absolute atomic E-state index is 0.00198. The third kappa shape index (κ3) is 30.8. The Kier molecular flexibility index (Phi) is 34.4. The van der Waals surface area contributed by atoms with E-state index in [9.17, 15) is 77.3 Å². The maximum absolute atomic E-state index is 14.1. The largest absolute Gasteiger partial charge is 0.480 e. The van der Waals surface area contributed by atoms with Gasteiger partial charge in [0.05, 0.1) is 52.4 Å². The lowest BCUT2D eigenvalue weighted by atomic mass is 10.0. The first-order chi connectivity index (χ1) is 45.0. The van der Waals surface area contributed by atoms with E-state index in [-0.39, 0.29) is 81.7 Å². The monoisotopic (exact) mass is 1330 g/mol. The highest BCUT2D eigenvalue weighted by Gasteiger charge is 2.31. The topological polar surface area (TPSA) is 540 Å². The SMILES string of the molecule is CC(C)C[C@H](NC(=O)CNC(=O)[C@H](CCCNC(=N)N)NC(=O)CNC(=O)[C@H](CC(C)C)NC(=O)CNC(=O)[C@H](CO)NC(=O)[C@H](Cc1c[nH]c2ccccc12)NC(=O)CNC(=O)[C@H](Cc1ccccc1)NC(=O)CNC(=O)CNC(=O)[C@H](CC(C)C)NC(=O)CN)C(=O)O. The number of nitrogens with two attached hydrogens (primary N) is 2. The Hall–Kier alpha value is -10.2. The third-order valence-electron chi connectivity index (χ3n) is 13.9. The van der Waals surface area contributed by atoms with Gasteiger partial charge in [-0.15, -0.1) is 0 Å². The molecule has 22 N–H and O–H groups in total. The number of aliphatic carboxylic acids is 1. The van der Waals surface area contributed by atoms with Gasteiger partial charge < -0.3 is 101 Å². The van der Waals surface area contributed by atoms with E-state index in [0.29, 0.717) is 22.0 Å². The molecule has 0 spiro atoms. The Labute approximate surface area is 548 Å². The number of carbonyl (C=O) groups excluding carboxylic acids is 13. The van der Waals surface area contributed by atoms with Gasteiger partial charge >= 0.3 is 5.97 Å². The molecule has 0 saturated carbocycles. The zero-order valence-electron chi connectivity index (χ0n) is 54.1. The third-order valence-corrected chi connectivity index (χ3v) is 13.9. The number of nitrogens with one attached hydrogen (secondary N) is 16. The Balaban J connectivity index is 1.67. The van der Waals surface area contributed by atoms with Gasteiger partial charge in [0.2, 0.25) is 76.8 Å². The van der Waals surface area contributed by atoms with Crippen LogP contribution in [0.25, 0.3) is 10.9 Å². The van der Waals surface area contributed by atoms with E-state index >= 15 is 0 Å². The molecule has 3 aromatic rings. The number of para-hydroxylation sites is 1. The number of aromatic amines is 1. The van der Waals surface area contributed by atoms with Crippen molar-refractivity contribution in [3.63, 3.8) is 0 Å². The number of guanidine groups is 1. The van der Waals surface area contributed by atoms with E-state index in [2.05, 4.69) is 79.4 Å². The van der Waals surface area contributed by atoms with Crippen LogP contribution >= 0.6 is 0 Å². The van der Waals surface area contributed by atoms with Crippen molar-refractivity contribution >= 4 is 99.6 Å². The van der Waals surface area contributed by atoms with Crippen LogP contribution in [-0.2, 0) is 80.0 Å². The fourth-order valence-electron chi connectivity index (χ4n) is 9.33. The van der Waals surface area contributed by atoms with Crippen molar-refractivity contribution in [2.24, 2.45) is 29.2 Å². The van der Waals surface area contributed by atoms with Gasteiger partial charge in [-0.25, -0.2) is 4.79 Å². The van der Waals surface area contributed by atoms with E-state index in [1.54, 1.807) is 88.5 Å². The minimum Gasteiger partial charge on any atom is -0.480 e. The minimum atomic E-state index is -1.72. The summed E-state index contributed by atoms with van der Waals surface area (Å²) < 4.78 is 0. The van der Waals surface area contributed by atoms with Gasteiger partial charge in [-0.1, -0.05) is 90.1 Å². The first-order valence-corrected chi connectivity index (χ1v) is 30.9. The quantitative estimate of drug-likeness (QED) is 0.0143. The highest BCUT2D eigenvalue weighted by molar-refractivity contribution is 5.98. The molecule has 3 rings (SSSR count). The number of aliphatic hydroxyl groups excluding tert-OH is 1. The number of fused-ring (bicyclic) bond motifs is 1. The number of rotatable bonds is 42. The van der Waals surface area contributed by atoms with E-state index in [1.165, 1.54) is 0 Å². The first kappa shape index (κ1) is 79.0. The van der Waals surface area contributed by atoms with Gasteiger partial charge in [0.15, 0.2) is 5.96 Å². The summed E-state index contributed by atoms with van der Waals surface area (Å²) in [5.74, 6) is -12.7. The Morgan fingerprint density at radius 2 is 0.853 bits per heavy atom. The number of hydrogen-bond donors (Lipinski definition) is 20. The number of benzene rings is 2. The molecule has 0 fully saturated rings. The van der Waals surface area contributed by atoms with Crippen LogP contribution in [0.3, 0.4) is 0 Å². The molecule has 1 heterocycles. The zero-order valence-corrected chi connectivity index (χ0v) is 54.1. The van der Waals surface area contributed by atoms with Crippen LogP contribution in [0.15, 0.2) is 60.8 Å². The second-order valence-electron chi connectivity index (χ2n) is 23.5. The molecule has 34 nitrogen and oxygen atoms in total. The van der Waals surface area contributed by atoms with Gasteiger partial charge in [0, 0.05) is 36.5 Å². The molecule has 0 aliphatic heterocycles. The molecule has 95 heavy (non-hydrogen) atoms. The van der Waals surface area contributed by atoms with Crippen LogP contribution in [0.2, 0.25) is 0 Å². The summed E-state index contributed by atoms with van der Waals surface area (Å²) >= 11 is 0.